The number of nitrogens with one attached hydrogen (secondary N) is 1. The molecule has 27 heavy (non-hydrogen) atoms. The molecular weight excluding hydrogens is 346 g/mol. The highest BCUT2D eigenvalue weighted by Crippen LogP contribution is 2.40. The molecule has 0 radical (unpaired) electrons. The van der Waals surface area contributed by atoms with Gasteiger partial charge in [0.15, 0.2) is 11.5 Å². The van der Waals surface area contributed by atoms with Crippen molar-refractivity contribution in [2.45, 2.75) is 6.04 Å². The van der Waals surface area contributed by atoms with Gasteiger partial charge in [-0.2, -0.15) is 4.68 Å². The minimum atomic E-state index is -0.251. The summed E-state index contributed by atoms with van der Waals surface area (Å²) in [5, 5.41) is 15.3. The summed E-state index contributed by atoms with van der Waals surface area (Å²) in [6, 6.07) is 13.3. The van der Waals surface area contributed by atoms with E-state index in [4.69, 9.17) is 14.2 Å². The second kappa shape index (κ2) is 6.99. The second-order valence-electron chi connectivity index (χ2n) is 5.91. The molecule has 0 spiro atoms. The van der Waals surface area contributed by atoms with Crippen LogP contribution in [0.25, 0.3) is 5.70 Å². The van der Waals surface area contributed by atoms with Crippen LogP contribution in [0.5, 0.6) is 17.2 Å². The Bertz CT molecular complexity index is 981. The molecule has 8 heteroatoms. The van der Waals surface area contributed by atoms with Crippen molar-refractivity contribution < 1.29 is 14.2 Å². The van der Waals surface area contributed by atoms with Gasteiger partial charge >= 0.3 is 0 Å². The summed E-state index contributed by atoms with van der Waals surface area (Å²) in [5.74, 6) is 2.66. The number of aromatic nitrogens is 4. The number of anilines is 1. The lowest BCUT2D eigenvalue weighted by atomic mass is 10.0. The van der Waals surface area contributed by atoms with Gasteiger partial charge in [0, 0.05) is 11.3 Å². The predicted molar refractivity (Wildman–Crippen MR) is 100 cm³/mol. The third-order valence-corrected chi connectivity index (χ3v) is 4.48. The summed E-state index contributed by atoms with van der Waals surface area (Å²) < 4.78 is 18.0. The highest BCUT2D eigenvalue weighted by Gasteiger charge is 2.27. The Kier molecular flexibility index (Phi) is 4.37. The maximum Gasteiger partial charge on any atom is 0.248 e. The quantitative estimate of drug-likeness (QED) is 0.744. The van der Waals surface area contributed by atoms with E-state index in [0.29, 0.717) is 17.4 Å². The maximum absolute atomic E-state index is 5.61. The van der Waals surface area contributed by atoms with E-state index < -0.39 is 0 Å². The monoisotopic (exact) mass is 365 g/mol. The fraction of sp³-hybridized carbons (Fsp3) is 0.211. The summed E-state index contributed by atoms with van der Waals surface area (Å²) in [6.45, 7) is 0. The van der Waals surface area contributed by atoms with E-state index in [9.17, 15) is 0 Å². The van der Waals surface area contributed by atoms with Crippen LogP contribution < -0.4 is 19.5 Å². The first-order valence-corrected chi connectivity index (χ1v) is 8.37. The second-order valence-corrected chi connectivity index (χ2v) is 5.91. The fourth-order valence-electron chi connectivity index (χ4n) is 3.16. The van der Waals surface area contributed by atoms with Crippen LogP contribution in [0.1, 0.15) is 17.2 Å². The van der Waals surface area contributed by atoms with Crippen molar-refractivity contribution in [3.63, 3.8) is 0 Å². The van der Waals surface area contributed by atoms with Gasteiger partial charge in [-0.15, -0.1) is 0 Å². The van der Waals surface area contributed by atoms with Crippen molar-refractivity contribution in [2.75, 3.05) is 26.6 Å². The van der Waals surface area contributed by atoms with Crippen molar-refractivity contribution >= 4 is 11.6 Å². The zero-order valence-electron chi connectivity index (χ0n) is 15.2. The van der Waals surface area contributed by atoms with Crippen molar-refractivity contribution in [2.24, 2.45) is 0 Å². The fourth-order valence-corrected chi connectivity index (χ4v) is 3.16. The topological polar surface area (TPSA) is 83.3 Å². The predicted octanol–water partition coefficient (Wildman–Crippen LogP) is 2.75. The summed E-state index contributed by atoms with van der Waals surface area (Å²) in [6.07, 6.45) is 2.06. The molecule has 0 aliphatic carbocycles. The summed E-state index contributed by atoms with van der Waals surface area (Å²) >= 11 is 0. The van der Waals surface area contributed by atoms with E-state index in [0.717, 1.165) is 22.6 Å². The lowest BCUT2D eigenvalue weighted by Crippen LogP contribution is -2.20. The van der Waals surface area contributed by atoms with Gasteiger partial charge in [-0.1, -0.05) is 17.2 Å². The largest absolute Gasteiger partial charge is 0.497 e. The van der Waals surface area contributed by atoms with Gasteiger partial charge in [-0.05, 0) is 52.4 Å². The van der Waals surface area contributed by atoms with Gasteiger partial charge in [0.05, 0.1) is 21.3 Å². The van der Waals surface area contributed by atoms with Crippen molar-refractivity contribution in [1.82, 2.24) is 20.2 Å². The minimum Gasteiger partial charge on any atom is -0.497 e. The molecule has 1 atom stereocenters. The summed E-state index contributed by atoms with van der Waals surface area (Å²) in [5.41, 5.74) is 2.80. The number of ether oxygens (including phenoxy) is 3. The van der Waals surface area contributed by atoms with Crippen LogP contribution >= 0.6 is 0 Å². The molecule has 1 aromatic heterocycles. The molecule has 0 fully saturated rings. The van der Waals surface area contributed by atoms with Crippen molar-refractivity contribution in [3.8, 4) is 17.2 Å². The number of fused-ring (bicyclic) bond motifs is 1. The number of rotatable bonds is 5. The highest BCUT2D eigenvalue weighted by atomic mass is 16.5. The van der Waals surface area contributed by atoms with E-state index in [2.05, 4.69) is 26.9 Å². The normalized spacial score (nSPS) is 15.4. The minimum absolute atomic E-state index is 0.251. The Morgan fingerprint density at radius 1 is 0.963 bits per heavy atom. The van der Waals surface area contributed by atoms with Gasteiger partial charge in [0.1, 0.15) is 11.8 Å². The number of nitrogens with zero attached hydrogens (tertiary/aromatic N) is 4. The van der Waals surface area contributed by atoms with Gasteiger partial charge in [0.2, 0.25) is 5.95 Å². The maximum atomic E-state index is 5.61. The third-order valence-electron chi connectivity index (χ3n) is 4.48. The van der Waals surface area contributed by atoms with Crippen LogP contribution in [0.15, 0.2) is 48.5 Å². The van der Waals surface area contributed by atoms with Gasteiger partial charge in [-0.25, -0.2) is 0 Å². The molecule has 2 aromatic carbocycles. The molecule has 2 heterocycles. The average molecular weight is 365 g/mol. The molecule has 0 saturated heterocycles. The molecule has 8 nitrogen and oxygen atoms in total. The zero-order valence-corrected chi connectivity index (χ0v) is 15.2. The first kappa shape index (κ1) is 16.9. The van der Waals surface area contributed by atoms with E-state index in [1.807, 2.05) is 42.5 Å². The molecule has 0 amide bonds. The summed E-state index contributed by atoms with van der Waals surface area (Å²) in [7, 11) is 4.88. The van der Waals surface area contributed by atoms with Crippen LogP contribution in [0.4, 0.5) is 5.95 Å². The molecule has 3 aromatic rings. The molecule has 0 saturated carbocycles. The molecule has 138 valence electrons. The lowest BCUT2D eigenvalue weighted by molar-refractivity contribution is 0.348. The first-order valence-electron chi connectivity index (χ1n) is 8.37. The number of para-hydroxylation sites is 1. The third kappa shape index (κ3) is 2.95. The molecule has 0 bridgehead atoms. The van der Waals surface area contributed by atoms with E-state index in [-0.39, 0.29) is 6.04 Å². The van der Waals surface area contributed by atoms with Gasteiger partial charge < -0.3 is 19.5 Å². The van der Waals surface area contributed by atoms with Crippen LogP contribution in [-0.2, 0) is 0 Å². The number of hydrogen-bond donors (Lipinski definition) is 1. The standard InChI is InChI=1S/C19H19N5O3/c1-25-13-9-7-12(8-10-13)15-11-16(24-19(20-15)21-22-23-24)14-5-4-6-17(26-2)18(14)27-3/h4-11,16H,1-3H3,(H,20,21,23). The van der Waals surface area contributed by atoms with Crippen LogP contribution in [0, 0.1) is 0 Å². The molecule has 1 N–H and O–H groups in total. The van der Waals surface area contributed by atoms with E-state index in [1.54, 1.807) is 26.0 Å². The average Bonchev–Trinajstić information content (AvgIpc) is 3.21. The van der Waals surface area contributed by atoms with Crippen molar-refractivity contribution in [3.05, 3.63) is 59.7 Å². The number of methoxy groups -OCH3 is 3. The highest BCUT2D eigenvalue weighted by molar-refractivity contribution is 5.77. The number of benzene rings is 2. The molecular formula is C19H19N5O3. The van der Waals surface area contributed by atoms with Crippen LogP contribution in [0.2, 0.25) is 0 Å². The van der Waals surface area contributed by atoms with E-state index in [1.165, 1.54) is 0 Å². The number of tetrazole rings is 1. The number of allylic oxidation sites excluding steroid dienone is 1. The zero-order chi connectivity index (χ0) is 18.8. The number of hydrogen-bond acceptors (Lipinski definition) is 7. The van der Waals surface area contributed by atoms with Crippen molar-refractivity contribution in [1.29, 1.82) is 0 Å². The molecule has 1 unspecified atom stereocenters. The van der Waals surface area contributed by atoms with Crippen LogP contribution in [0.3, 0.4) is 0 Å². The Balaban J connectivity index is 1.82. The van der Waals surface area contributed by atoms with E-state index >= 15 is 0 Å². The summed E-state index contributed by atoms with van der Waals surface area (Å²) in [4.78, 5) is 0. The van der Waals surface area contributed by atoms with Gasteiger partial charge in [0.25, 0.3) is 0 Å². The van der Waals surface area contributed by atoms with Gasteiger partial charge in [-0.3, -0.25) is 0 Å². The smallest absolute Gasteiger partial charge is 0.248 e. The molecule has 1 aliphatic heterocycles. The van der Waals surface area contributed by atoms with Crippen LogP contribution in [-0.4, -0.2) is 41.5 Å². The molecule has 4 rings (SSSR count). The SMILES string of the molecule is COc1ccc(C2=CC(c3cccc(OC)c3OC)n3nnnc3N2)cc1. The molecule has 1 aliphatic rings. The lowest BCUT2D eigenvalue weighted by Gasteiger charge is -2.25. The Morgan fingerprint density at radius 2 is 1.78 bits per heavy atom. The Labute approximate surface area is 156 Å². The first-order chi connectivity index (χ1) is 13.2. The Morgan fingerprint density at radius 3 is 2.48 bits per heavy atom. The Hall–Kier alpha value is -3.55.